The van der Waals surface area contributed by atoms with Gasteiger partial charge in [0.1, 0.15) is 10.8 Å². The minimum absolute atomic E-state index is 0.106. The predicted octanol–water partition coefficient (Wildman–Crippen LogP) is 2.50. The van der Waals surface area contributed by atoms with Crippen molar-refractivity contribution in [3.8, 4) is 0 Å². The van der Waals surface area contributed by atoms with Crippen LogP contribution in [0.4, 0.5) is 13.2 Å². The molecule has 0 radical (unpaired) electrons. The van der Waals surface area contributed by atoms with E-state index in [1.807, 2.05) is 0 Å². The van der Waals surface area contributed by atoms with E-state index in [-0.39, 0.29) is 37.8 Å². The molecule has 0 bridgehead atoms. The van der Waals surface area contributed by atoms with Crippen molar-refractivity contribution < 1.29 is 18.0 Å². The van der Waals surface area contributed by atoms with Crippen molar-refractivity contribution in [2.45, 2.75) is 25.9 Å². The standard InChI is InChI=1S/C15H16F3N3OS/c16-11-3-1-2-10(4-11)6-20-14(22)5-15-21-12(9-23-15)7-19-8-13(17)18/h1-4,9,13,19H,5-8H2,(H,20,22). The Bertz CT molecular complexity index is 648. The number of halogens is 3. The first-order valence-corrected chi connectivity index (χ1v) is 7.84. The number of benzene rings is 1. The van der Waals surface area contributed by atoms with E-state index >= 15 is 0 Å². The summed E-state index contributed by atoms with van der Waals surface area (Å²) >= 11 is 1.30. The number of nitrogens with one attached hydrogen (secondary N) is 2. The first-order chi connectivity index (χ1) is 11.0. The maximum atomic E-state index is 13.0. The minimum atomic E-state index is -2.40. The molecule has 0 aliphatic heterocycles. The molecule has 0 unspecified atom stereocenters. The lowest BCUT2D eigenvalue weighted by Gasteiger charge is -2.04. The van der Waals surface area contributed by atoms with Crippen LogP contribution in [0.5, 0.6) is 0 Å². The first-order valence-electron chi connectivity index (χ1n) is 6.96. The molecule has 0 saturated heterocycles. The van der Waals surface area contributed by atoms with Crippen molar-refractivity contribution in [3.05, 3.63) is 51.7 Å². The summed E-state index contributed by atoms with van der Waals surface area (Å²) in [6, 6.07) is 6.00. The maximum absolute atomic E-state index is 13.0. The molecule has 0 aliphatic rings. The van der Waals surface area contributed by atoms with Gasteiger partial charge in [-0.15, -0.1) is 11.3 Å². The van der Waals surface area contributed by atoms with Crippen molar-refractivity contribution in [1.82, 2.24) is 15.6 Å². The van der Waals surface area contributed by atoms with E-state index in [1.165, 1.54) is 23.5 Å². The first kappa shape index (κ1) is 17.4. The van der Waals surface area contributed by atoms with Gasteiger partial charge in [0, 0.05) is 18.5 Å². The van der Waals surface area contributed by atoms with E-state index < -0.39 is 6.43 Å². The van der Waals surface area contributed by atoms with Gasteiger partial charge in [-0.3, -0.25) is 4.79 Å². The van der Waals surface area contributed by atoms with Crippen LogP contribution in [0.3, 0.4) is 0 Å². The number of amides is 1. The fraction of sp³-hybridized carbons (Fsp3) is 0.333. The lowest BCUT2D eigenvalue weighted by molar-refractivity contribution is -0.120. The third-order valence-electron chi connectivity index (χ3n) is 2.89. The monoisotopic (exact) mass is 343 g/mol. The summed E-state index contributed by atoms with van der Waals surface area (Å²) in [6.07, 6.45) is -2.30. The van der Waals surface area contributed by atoms with Gasteiger partial charge in [-0.1, -0.05) is 12.1 Å². The highest BCUT2D eigenvalue weighted by molar-refractivity contribution is 7.09. The van der Waals surface area contributed by atoms with Gasteiger partial charge in [0.05, 0.1) is 18.7 Å². The zero-order chi connectivity index (χ0) is 16.7. The quantitative estimate of drug-likeness (QED) is 0.774. The highest BCUT2D eigenvalue weighted by atomic mass is 32.1. The fourth-order valence-electron chi connectivity index (χ4n) is 1.87. The molecule has 2 N–H and O–H groups in total. The topological polar surface area (TPSA) is 54.0 Å². The number of thiazole rings is 1. The number of carbonyl (C=O) groups excluding carboxylic acids is 1. The molecule has 0 atom stereocenters. The van der Waals surface area contributed by atoms with E-state index in [1.54, 1.807) is 17.5 Å². The zero-order valence-corrected chi connectivity index (χ0v) is 13.0. The van der Waals surface area contributed by atoms with E-state index in [2.05, 4.69) is 15.6 Å². The number of hydrogen-bond acceptors (Lipinski definition) is 4. The fourth-order valence-corrected chi connectivity index (χ4v) is 2.66. The van der Waals surface area contributed by atoms with E-state index in [9.17, 15) is 18.0 Å². The van der Waals surface area contributed by atoms with Crippen LogP contribution in [0.2, 0.25) is 0 Å². The molecule has 0 fully saturated rings. The van der Waals surface area contributed by atoms with Crippen LogP contribution in [-0.4, -0.2) is 23.9 Å². The van der Waals surface area contributed by atoms with Crippen molar-refractivity contribution in [2.75, 3.05) is 6.54 Å². The molecule has 4 nitrogen and oxygen atoms in total. The van der Waals surface area contributed by atoms with Crippen molar-refractivity contribution in [3.63, 3.8) is 0 Å². The Hall–Kier alpha value is -1.93. The zero-order valence-electron chi connectivity index (χ0n) is 12.2. The number of nitrogens with zero attached hydrogens (tertiary/aromatic N) is 1. The maximum Gasteiger partial charge on any atom is 0.250 e. The highest BCUT2D eigenvalue weighted by Gasteiger charge is 2.09. The van der Waals surface area contributed by atoms with Gasteiger partial charge in [0.15, 0.2) is 0 Å². The summed E-state index contributed by atoms with van der Waals surface area (Å²) in [5, 5.41) is 7.60. The molecule has 23 heavy (non-hydrogen) atoms. The van der Waals surface area contributed by atoms with Gasteiger partial charge in [-0.25, -0.2) is 18.2 Å². The van der Waals surface area contributed by atoms with Crippen molar-refractivity contribution >= 4 is 17.2 Å². The van der Waals surface area contributed by atoms with Gasteiger partial charge >= 0.3 is 0 Å². The minimum Gasteiger partial charge on any atom is -0.352 e. The Balaban J connectivity index is 1.76. The second kappa shape index (κ2) is 8.64. The molecule has 124 valence electrons. The second-order valence-electron chi connectivity index (χ2n) is 4.84. The summed E-state index contributed by atoms with van der Waals surface area (Å²) in [5.41, 5.74) is 1.30. The Morgan fingerprint density at radius 3 is 2.87 bits per heavy atom. The van der Waals surface area contributed by atoms with Crippen LogP contribution in [0.15, 0.2) is 29.6 Å². The Labute approximate surface area is 135 Å². The third-order valence-corrected chi connectivity index (χ3v) is 3.79. The van der Waals surface area contributed by atoms with Crippen LogP contribution in [-0.2, 0) is 24.3 Å². The number of carbonyl (C=O) groups is 1. The Morgan fingerprint density at radius 2 is 2.13 bits per heavy atom. The lowest BCUT2D eigenvalue weighted by atomic mass is 10.2. The second-order valence-corrected chi connectivity index (χ2v) is 5.78. The van der Waals surface area contributed by atoms with E-state index in [0.29, 0.717) is 16.3 Å². The van der Waals surface area contributed by atoms with Gasteiger partial charge in [0.2, 0.25) is 5.91 Å². The number of hydrogen-bond donors (Lipinski definition) is 2. The molecule has 8 heteroatoms. The molecule has 2 aromatic rings. The van der Waals surface area contributed by atoms with Crippen LogP contribution in [0.25, 0.3) is 0 Å². The van der Waals surface area contributed by atoms with E-state index in [0.717, 1.165) is 0 Å². The van der Waals surface area contributed by atoms with Crippen LogP contribution in [0, 0.1) is 5.82 Å². The molecule has 0 aliphatic carbocycles. The predicted molar refractivity (Wildman–Crippen MR) is 81.8 cm³/mol. The SMILES string of the molecule is O=C(Cc1nc(CNCC(F)F)cs1)NCc1cccc(F)c1. The smallest absolute Gasteiger partial charge is 0.250 e. The summed E-state index contributed by atoms with van der Waals surface area (Å²) in [4.78, 5) is 16.0. The highest BCUT2D eigenvalue weighted by Crippen LogP contribution is 2.11. The normalized spacial score (nSPS) is 11.0. The molecule has 0 saturated carbocycles. The molecule has 1 amide bonds. The molecule has 1 heterocycles. The third kappa shape index (κ3) is 6.37. The Morgan fingerprint density at radius 1 is 1.30 bits per heavy atom. The van der Waals surface area contributed by atoms with Crippen molar-refractivity contribution in [1.29, 1.82) is 0 Å². The van der Waals surface area contributed by atoms with Gasteiger partial charge in [0.25, 0.3) is 6.43 Å². The van der Waals surface area contributed by atoms with Gasteiger partial charge in [-0.2, -0.15) is 0 Å². The molecule has 1 aromatic carbocycles. The Kier molecular flexibility index (Phi) is 6.54. The van der Waals surface area contributed by atoms with Crippen LogP contribution < -0.4 is 10.6 Å². The number of rotatable bonds is 8. The van der Waals surface area contributed by atoms with E-state index in [4.69, 9.17) is 0 Å². The average Bonchev–Trinajstić information content (AvgIpc) is 2.92. The number of aromatic nitrogens is 1. The average molecular weight is 343 g/mol. The van der Waals surface area contributed by atoms with Gasteiger partial charge < -0.3 is 10.6 Å². The lowest BCUT2D eigenvalue weighted by Crippen LogP contribution is -2.24. The molecule has 1 aromatic heterocycles. The van der Waals surface area contributed by atoms with Gasteiger partial charge in [-0.05, 0) is 17.7 Å². The summed E-state index contributed by atoms with van der Waals surface area (Å²) in [5.74, 6) is -0.576. The van der Waals surface area contributed by atoms with Crippen LogP contribution in [0.1, 0.15) is 16.3 Å². The summed E-state index contributed by atoms with van der Waals surface area (Å²) < 4.78 is 37.0. The largest absolute Gasteiger partial charge is 0.352 e. The summed E-state index contributed by atoms with van der Waals surface area (Å²) in [7, 11) is 0. The summed E-state index contributed by atoms with van der Waals surface area (Å²) in [6.45, 7) is 0.0947. The molecular formula is C15H16F3N3OS. The van der Waals surface area contributed by atoms with Crippen LogP contribution >= 0.6 is 11.3 Å². The van der Waals surface area contributed by atoms with Crippen molar-refractivity contribution in [2.24, 2.45) is 0 Å². The molecule has 0 spiro atoms. The number of alkyl halides is 2. The molecular weight excluding hydrogens is 327 g/mol. The molecule has 2 rings (SSSR count).